The number of hydrogen-bond acceptors (Lipinski definition) is 7. The van der Waals surface area contributed by atoms with Gasteiger partial charge < -0.3 is 25.7 Å². The van der Waals surface area contributed by atoms with Gasteiger partial charge in [0.1, 0.15) is 11.6 Å². The number of oxazole rings is 1. The van der Waals surface area contributed by atoms with Crippen molar-refractivity contribution in [3.8, 4) is 0 Å². The molecule has 0 radical (unpaired) electrons. The molecule has 1 aromatic heterocycles. The molecule has 42 heavy (non-hydrogen) atoms. The number of fused-ring (bicyclic) bond motifs is 1. The van der Waals surface area contributed by atoms with E-state index < -0.39 is 29.7 Å². The summed E-state index contributed by atoms with van der Waals surface area (Å²) in [7, 11) is 0. The molecule has 3 aromatic rings. The van der Waals surface area contributed by atoms with Gasteiger partial charge >= 0.3 is 0 Å². The summed E-state index contributed by atoms with van der Waals surface area (Å²) in [5, 5.41) is 6.00. The van der Waals surface area contributed by atoms with Gasteiger partial charge in [0, 0.05) is 6.54 Å². The fraction of sp³-hybridized carbons (Fsp3) is 0.469. The molecule has 0 spiro atoms. The quantitative estimate of drug-likeness (QED) is 0.262. The SMILES string of the molecule is NC(=O)C(=O)C(CC1CCC1)NC(=O)CN(Cc1ccccc1)C(=O)[C@@H](Nc1nc2ccccc2o1)C1CCCCC1. The normalized spacial score (nSPS) is 17.1. The number of rotatable bonds is 13. The number of anilines is 1. The zero-order valence-corrected chi connectivity index (χ0v) is 23.8. The van der Waals surface area contributed by atoms with E-state index in [0.29, 0.717) is 17.5 Å². The highest BCUT2D eigenvalue weighted by molar-refractivity contribution is 6.37. The van der Waals surface area contributed by atoms with Gasteiger partial charge in [0.2, 0.25) is 17.6 Å². The molecule has 10 heteroatoms. The van der Waals surface area contributed by atoms with E-state index in [9.17, 15) is 19.2 Å². The lowest BCUT2D eigenvalue weighted by atomic mass is 9.80. The molecule has 2 aliphatic carbocycles. The van der Waals surface area contributed by atoms with Crippen molar-refractivity contribution in [2.24, 2.45) is 17.6 Å². The highest BCUT2D eigenvalue weighted by Crippen LogP contribution is 2.32. The molecule has 1 heterocycles. The van der Waals surface area contributed by atoms with Gasteiger partial charge in [-0.3, -0.25) is 19.2 Å². The molecule has 2 atom stereocenters. The minimum absolute atomic E-state index is 0.0328. The van der Waals surface area contributed by atoms with Crippen molar-refractivity contribution in [2.45, 2.75) is 76.4 Å². The zero-order chi connectivity index (χ0) is 29.5. The standard InChI is InChI=1S/C32H39N5O5/c33-30(40)29(39)25(18-21-12-9-13-21)34-27(38)20-37(19-22-10-3-1-4-11-22)31(41)28(23-14-5-2-6-15-23)36-32-35-24-16-7-8-17-26(24)42-32/h1,3-4,7-8,10-11,16-17,21,23,25,28H,2,5-6,9,12-15,18-20H2,(H2,33,40)(H,34,38)(H,35,36)/t25?,28-/m0/s1. The number of amides is 3. The van der Waals surface area contributed by atoms with Gasteiger partial charge in [0.05, 0.1) is 12.6 Å². The number of carbonyl (C=O) groups is 4. The minimum Gasteiger partial charge on any atom is -0.424 e. The van der Waals surface area contributed by atoms with Crippen LogP contribution in [0.1, 0.15) is 63.4 Å². The second-order valence-corrected chi connectivity index (χ2v) is 11.6. The summed E-state index contributed by atoms with van der Waals surface area (Å²) in [4.78, 5) is 58.1. The summed E-state index contributed by atoms with van der Waals surface area (Å²) in [5.41, 5.74) is 7.46. The largest absolute Gasteiger partial charge is 0.424 e. The first kappa shape index (κ1) is 29.3. The Kier molecular flexibility index (Phi) is 9.51. The lowest BCUT2D eigenvalue weighted by molar-refractivity contribution is -0.141. The van der Waals surface area contributed by atoms with E-state index in [4.69, 9.17) is 10.2 Å². The highest BCUT2D eigenvalue weighted by Gasteiger charge is 2.36. The molecule has 2 aromatic carbocycles. The Balaban J connectivity index is 1.38. The van der Waals surface area contributed by atoms with Gasteiger partial charge in [-0.15, -0.1) is 0 Å². The molecular weight excluding hydrogens is 534 g/mol. The number of carbonyl (C=O) groups excluding carboxylic acids is 4. The van der Waals surface area contributed by atoms with Crippen molar-refractivity contribution in [1.29, 1.82) is 0 Å². The van der Waals surface area contributed by atoms with Gasteiger partial charge in [0.25, 0.3) is 11.9 Å². The van der Waals surface area contributed by atoms with Crippen LogP contribution in [-0.2, 0) is 25.7 Å². The smallest absolute Gasteiger partial charge is 0.296 e. The molecule has 10 nitrogen and oxygen atoms in total. The first-order chi connectivity index (χ1) is 20.4. The van der Waals surface area contributed by atoms with Crippen molar-refractivity contribution in [2.75, 3.05) is 11.9 Å². The first-order valence-corrected chi connectivity index (χ1v) is 14.9. The van der Waals surface area contributed by atoms with Crippen molar-refractivity contribution in [3.63, 3.8) is 0 Å². The summed E-state index contributed by atoms with van der Waals surface area (Å²) in [6, 6.07) is 15.5. The van der Waals surface area contributed by atoms with Gasteiger partial charge in [0.15, 0.2) is 5.58 Å². The number of benzene rings is 2. The van der Waals surface area contributed by atoms with E-state index in [0.717, 1.165) is 56.9 Å². The molecule has 2 saturated carbocycles. The minimum atomic E-state index is -1.07. The van der Waals surface area contributed by atoms with Crippen LogP contribution in [0.5, 0.6) is 0 Å². The van der Waals surface area contributed by atoms with Crippen molar-refractivity contribution < 1.29 is 23.6 Å². The van der Waals surface area contributed by atoms with Crippen LogP contribution in [-0.4, -0.2) is 52.0 Å². The maximum absolute atomic E-state index is 14.3. The summed E-state index contributed by atoms with van der Waals surface area (Å²) < 4.78 is 5.92. The summed E-state index contributed by atoms with van der Waals surface area (Å²) in [6.07, 6.45) is 8.20. The van der Waals surface area contributed by atoms with Crippen LogP contribution in [0.4, 0.5) is 6.01 Å². The predicted molar refractivity (Wildman–Crippen MR) is 158 cm³/mol. The average molecular weight is 574 g/mol. The van der Waals surface area contributed by atoms with Crippen molar-refractivity contribution in [1.82, 2.24) is 15.2 Å². The Hall–Kier alpha value is -4.21. The number of para-hydroxylation sites is 2. The number of aromatic nitrogens is 1. The number of Topliss-reactive ketones (excluding diaryl/α,β-unsaturated/α-hetero) is 1. The lowest BCUT2D eigenvalue weighted by Crippen LogP contribution is -2.53. The van der Waals surface area contributed by atoms with Gasteiger partial charge in [-0.05, 0) is 48.8 Å². The fourth-order valence-electron chi connectivity index (χ4n) is 6.01. The Morgan fingerprint density at radius 2 is 1.64 bits per heavy atom. The van der Waals surface area contributed by atoms with Crippen LogP contribution in [0.3, 0.4) is 0 Å². The molecule has 2 aliphatic rings. The maximum Gasteiger partial charge on any atom is 0.296 e. The zero-order valence-electron chi connectivity index (χ0n) is 23.8. The second-order valence-electron chi connectivity index (χ2n) is 11.6. The number of nitrogens with two attached hydrogens (primary N) is 1. The first-order valence-electron chi connectivity index (χ1n) is 14.9. The Morgan fingerprint density at radius 1 is 0.929 bits per heavy atom. The molecule has 0 saturated heterocycles. The Morgan fingerprint density at radius 3 is 2.31 bits per heavy atom. The van der Waals surface area contributed by atoms with E-state index in [2.05, 4.69) is 15.6 Å². The molecule has 2 fully saturated rings. The molecular formula is C32H39N5O5. The van der Waals surface area contributed by atoms with Crippen molar-refractivity contribution >= 4 is 40.6 Å². The van der Waals surface area contributed by atoms with Crippen LogP contribution >= 0.6 is 0 Å². The molecule has 1 unspecified atom stereocenters. The van der Waals surface area contributed by atoms with Crippen LogP contribution in [0, 0.1) is 11.8 Å². The van der Waals surface area contributed by atoms with Gasteiger partial charge in [-0.1, -0.05) is 81.0 Å². The molecule has 3 amide bonds. The van der Waals surface area contributed by atoms with Crippen molar-refractivity contribution in [3.05, 3.63) is 60.2 Å². The van der Waals surface area contributed by atoms with Crippen LogP contribution < -0.4 is 16.4 Å². The Labute approximate surface area is 245 Å². The van der Waals surface area contributed by atoms with E-state index >= 15 is 0 Å². The number of nitrogens with zero attached hydrogens (tertiary/aromatic N) is 2. The highest BCUT2D eigenvalue weighted by atomic mass is 16.4. The van der Waals surface area contributed by atoms with E-state index in [-0.39, 0.29) is 36.8 Å². The molecule has 4 N–H and O–H groups in total. The van der Waals surface area contributed by atoms with Crippen LogP contribution in [0.15, 0.2) is 59.0 Å². The summed E-state index contributed by atoms with van der Waals surface area (Å²) in [6.45, 7) is -0.0813. The monoisotopic (exact) mass is 573 g/mol. The molecule has 222 valence electrons. The number of primary amides is 1. The third kappa shape index (κ3) is 7.35. The third-order valence-corrected chi connectivity index (χ3v) is 8.51. The summed E-state index contributed by atoms with van der Waals surface area (Å²) >= 11 is 0. The van der Waals surface area contributed by atoms with Gasteiger partial charge in [-0.2, -0.15) is 4.98 Å². The fourth-order valence-corrected chi connectivity index (χ4v) is 6.01. The topological polar surface area (TPSA) is 148 Å². The summed E-state index contributed by atoms with van der Waals surface area (Å²) in [5.74, 6) is -2.35. The van der Waals surface area contributed by atoms with E-state index in [1.165, 1.54) is 4.90 Å². The molecule has 0 aliphatic heterocycles. The number of hydrogen-bond donors (Lipinski definition) is 3. The second kappa shape index (κ2) is 13.6. The van der Waals surface area contributed by atoms with Crippen LogP contribution in [0.2, 0.25) is 0 Å². The third-order valence-electron chi connectivity index (χ3n) is 8.51. The van der Waals surface area contributed by atoms with Gasteiger partial charge in [-0.25, -0.2) is 0 Å². The molecule has 0 bridgehead atoms. The van der Waals surface area contributed by atoms with Crippen LogP contribution in [0.25, 0.3) is 11.1 Å². The van der Waals surface area contributed by atoms with E-state index in [1.807, 2.05) is 54.6 Å². The Bertz CT molecular complexity index is 1360. The predicted octanol–water partition coefficient (Wildman–Crippen LogP) is 3.95. The molecule has 5 rings (SSSR count). The lowest BCUT2D eigenvalue weighted by Gasteiger charge is -2.34. The number of ketones is 1. The average Bonchev–Trinajstić information content (AvgIpc) is 3.39. The van der Waals surface area contributed by atoms with E-state index in [1.54, 1.807) is 0 Å². The maximum atomic E-state index is 14.3. The number of nitrogens with one attached hydrogen (secondary N) is 2.